The summed E-state index contributed by atoms with van der Waals surface area (Å²) in [6, 6.07) is 5.57. The van der Waals surface area contributed by atoms with Gasteiger partial charge in [-0.15, -0.1) is 0 Å². The quantitative estimate of drug-likeness (QED) is 0.876. The maximum atomic E-state index is 12.3. The van der Waals surface area contributed by atoms with E-state index >= 15 is 0 Å². The number of nitrogens with one attached hydrogen (secondary N) is 1. The van der Waals surface area contributed by atoms with E-state index in [1.807, 2.05) is 32.9 Å². The Hall–Kier alpha value is -0.870. The van der Waals surface area contributed by atoms with Crippen LogP contribution in [0.3, 0.4) is 0 Å². The van der Waals surface area contributed by atoms with Gasteiger partial charge in [-0.1, -0.05) is 19.1 Å². The molecular weight excluding hydrogens is 234 g/mol. The highest BCUT2D eigenvalue weighted by Crippen LogP contribution is 2.19. The van der Waals surface area contributed by atoms with Crippen LogP contribution in [0.5, 0.6) is 0 Å². The van der Waals surface area contributed by atoms with Gasteiger partial charge in [0, 0.05) is 6.04 Å². The molecule has 0 amide bonds. The molecular formula is C13H21NO2S. The van der Waals surface area contributed by atoms with Gasteiger partial charge < -0.3 is 5.32 Å². The zero-order chi connectivity index (χ0) is 13.1. The molecule has 1 atom stereocenters. The molecule has 0 aliphatic heterocycles. The van der Waals surface area contributed by atoms with E-state index in [1.54, 1.807) is 13.1 Å². The fourth-order valence-corrected chi connectivity index (χ4v) is 3.84. The molecule has 0 spiro atoms. The molecule has 1 unspecified atom stereocenters. The molecule has 4 heteroatoms. The maximum Gasteiger partial charge on any atom is 0.180 e. The SMILES string of the molecule is CCC(CS(=O)(=O)c1cc(C)ccc1C)NC. The van der Waals surface area contributed by atoms with E-state index in [0.29, 0.717) is 4.90 Å². The molecule has 0 radical (unpaired) electrons. The lowest BCUT2D eigenvalue weighted by atomic mass is 10.2. The standard InChI is InChI=1S/C13H21NO2S/c1-5-12(14-4)9-17(15,16)13-8-10(2)6-7-11(13)3/h6-8,12,14H,5,9H2,1-4H3. The van der Waals surface area contributed by atoms with Crippen LogP contribution >= 0.6 is 0 Å². The number of benzene rings is 1. The molecule has 17 heavy (non-hydrogen) atoms. The first-order valence-electron chi connectivity index (χ1n) is 5.88. The van der Waals surface area contributed by atoms with Crippen LogP contribution < -0.4 is 5.32 Å². The molecule has 0 aliphatic carbocycles. The predicted molar refractivity (Wildman–Crippen MR) is 71.1 cm³/mol. The third-order valence-corrected chi connectivity index (χ3v) is 4.95. The Bertz CT molecular complexity index is 476. The van der Waals surface area contributed by atoms with Crippen molar-refractivity contribution >= 4 is 9.84 Å². The van der Waals surface area contributed by atoms with Gasteiger partial charge in [-0.05, 0) is 44.5 Å². The zero-order valence-electron chi connectivity index (χ0n) is 10.9. The Labute approximate surface area is 104 Å². The summed E-state index contributed by atoms with van der Waals surface area (Å²) in [4.78, 5) is 0.464. The van der Waals surface area contributed by atoms with Crippen molar-refractivity contribution in [1.29, 1.82) is 0 Å². The smallest absolute Gasteiger partial charge is 0.180 e. The van der Waals surface area contributed by atoms with Crippen LogP contribution in [-0.4, -0.2) is 27.3 Å². The van der Waals surface area contributed by atoms with E-state index in [0.717, 1.165) is 17.5 Å². The maximum absolute atomic E-state index is 12.3. The Morgan fingerprint density at radius 3 is 2.47 bits per heavy atom. The molecule has 0 fully saturated rings. The summed E-state index contributed by atoms with van der Waals surface area (Å²) in [5.41, 5.74) is 1.80. The highest BCUT2D eigenvalue weighted by molar-refractivity contribution is 7.91. The van der Waals surface area contributed by atoms with Gasteiger partial charge in [-0.25, -0.2) is 8.42 Å². The molecule has 96 valence electrons. The lowest BCUT2D eigenvalue weighted by Gasteiger charge is -2.15. The average molecular weight is 255 g/mol. The highest BCUT2D eigenvalue weighted by Gasteiger charge is 2.21. The summed E-state index contributed by atoms with van der Waals surface area (Å²) in [6.07, 6.45) is 0.806. The molecule has 3 nitrogen and oxygen atoms in total. The molecule has 0 aliphatic rings. The van der Waals surface area contributed by atoms with Crippen molar-refractivity contribution in [2.75, 3.05) is 12.8 Å². The van der Waals surface area contributed by atoms with Crippen LogP contribution in [0.15, 0.2) is 23.1 Å². The molecule has 0 saturated heterocycles. The van der Waals surface area contributed by atoms with Crippen molar-refractivity contribution < 1.29 is 8.42 Å². The Kier molecular flexibility index (Phi) is 4.71. The van der Waals surface area contributed by atoms with E-state index in [-0.39, 0.29) is 11.8 Å². The Morgan fingerprint density at radius 1 is 1.29 bits per heavy atom. The first kappa shape index (κ1) is 14.2. The summed E-state index contributed by atoms with van der Waals surface area (Å²) in [5.74, 6) is 0.157. The molecule has 1 rings (SSSR count). The Balaban J connectivity index is 3.09. The van der Waals surface area contributed by atoms with Crippen LogP contribution in [-0.2, 0) is 9.84 Å². The molecule has 0 saturated carbocycles. The van der Waals surface area contributed by atoms with Crippen molar-refractivity contribution in [2.45, 2.75) is 38.1 Å². The number of hydrogen-bond donors (Lipinski definition) is 1. The van der Waals surface area contributed by atoms with Crippen molar-refractivity contribution in [1.82, 2.24) is 5.32 Å². The molecule has 0 aromatic heterocycles. The first-order valence-corrected chi connectivity index (χ1v) is 7.53. The summed E-state index contributed by atoms with van der Waals surface area (Å²) in [6.45, 7) is 5.74. The number of hydrogen-bond acceptors (Lipinski definition) is 3. The number of aryl methyl sites for hydroxylation is 2. The minimum Gasteiger partial charge on any atom is -0.316 e. The van der Waals surface area contributed by atoms with Crippen LogP contribution in [0.1, 0.15) is 24.5 Å². The zero-order valence-corrected chi connectivity index (χ0v) is 11.8. The van der Waals surface area contributed by atoms with E-state index < -0.39 is 9.84 Å². The molecule has 0 bridgehead atoms. The van der Waals surface area contributed by atoms with E-state index in [4.69, 9.17) is 0 Å². The summed E-state index contributed by atoms with van der Waals surface area (Å²) in [5, 5.41) is 3.03. The van der Waals surface area contributed by atoms with Gasteiger partial charge in [-0.3, -0.25) is 0 Å². The van der Waals surface area contributed by atoms with Crippen molar-refractivity contribution in [2.24, 2.45) is 0 Å². The van der Waals surface area contributed by atoms with Crippen LogP contribution in [0.4, 0.5) is 0 Å². The van der Waals surface area contributed by atoms with Gasteiger partial charge in [0.05, 0.1) is 10.6 Å². The third kappa shape index (κ3) is 3.54. The summed E-state index contributed by atoms with van der Waals surface area (Å²) in [7, 11) is -1.40. The fraction of sp³-hybridized carbons (Fsp3) is 0.538. The lowest BCUT2D eigenvalue weighted by Crippen LogP contribution is -2.32. The van der Waals surface area contributed by atoms with Crippen LogP contribution in [0, 0.1) is 13.8 Å². The second kappa shape index (κ2) is 5.65. The minimum absolute atomic E-state index is 0.0138. The second-order valence-electron chi connectivity index (χ2n) is 4.44. The molecule has 1 aromatic rings. The number of rotatable bonds is 5. The first-order chi connectivity index (χ1) is 7.90. The van der Waals surface area contributed by atoms with Crippen molar-refractivity contribution in [3.63, 3.8) is 0 Å². The van der Waals surface area contributed by atoms with E-state index in [9.17, 15) is 8.42 Å². The molecule has 0 heterocycles. The molecule has 1 N–H and O–H groups in total. The normalized spacial score (nSPS) is 13.6. The summed E-state index contributed by atoms with van der Waals surface area (Å²) >= 11 is 0. The highest BCUT2D eigenvalue weighted by atomic mass is 32.2. The van der Waals surface area contributed by atoms with Crippen molar-refractivity contribution in [3.8, 4) is 0 Å². The third-order valence-electron chi connectivity index (χ3n) is 3.00. The van der Waals surface area contributed by atoms with Crippen LogP contribution in [0.25, 0.3) is 0 Å². The molecule has 1 aromatic carbocycles. The predicted octanol–water partition coefficient (Wildman–Crippen LogP) is 2.08. The fourth-order valence-electron chi connectivity index (χ4n) is 1.80. The topological polar surface area (TPSA) is 46.2 Å². The van der Waals surface area contributed by atoms with Gasteiger partial charge >= 0.3 is 0 Å². The van der Waals surface area contributed by atoms with Gasteiger partial charge in [0.15, 0.2) is 9.84 Å². The second-order valence-corrected chi connectivity index (χ2v) is 6.45. The average Bonchev–Trinajstić information content (AvgIpc) is 2.29. The van der Waals surface area contributed by atoms with Gasteiger partial charge in [0.1, 0.15) is 0 Å². The summed E-state index contributed by atoms with van der Waals surface area (Å²) < 4.78 is 24.6. The van der Waals surface area contributed by atoms with E-state index in [2.05, 4.69) is 5.32 Å². The minimum atomic E-state index is -3.20. The number of sulfone groups is 1. The lowest BCUT2D eigenvalue weighted by molar-refractivity contribution is 0.555. The van der Waals surface area contributed by atoms with Crippen LogP contribution in [0.2, 0.25) is 0 Å². The van der Waals surface area contributed by atoms with Gasteiger partial charge in [-0.2, -0.15) is 0 Å². The van der Waals surface area contributed by atoms with E-state index in [1.165, 1.54) is 0 Å². The largest absolute Gasteiger partial charge is 0.316 e. The van der Waals surface area contributed by atoms with Gasteiger partial charge in [0.25, 0.3) is 0 Å². The Morgan fingerprint density at radius 2 is 1.94 bits per heavy atom. The monoisotopic (exact) mass is 255 g/mol. The van der Waals surface area contributed by atoms with Gasteiger partial charge in [0.2, 0.25) is 0 Å². The van der Waals surface area contributed by atoms with Crippen molar-refractivity contribution in [3.05, 3.63) is 29.3 Å².